The standard InChI is InChI=1S/C13H13F3O2/c1-2-9(12(17)18)7-8-10-5-3-4-6-11(10)13(14,15)16/h2-6H,7-8H2,1H3,(H,17,18)/b9-2+. The molecular formula is C13H13F3O2. The molecule has 0 aliphatic rings. The van der Waals surface area contributed by atoms with Crippen LogP contribution in [0, 0.1) is 0 Å². The van der Waals surface area contributed by atoms with E-state index < -0.39 is 17.7 Å². The van der Waals surface area contributed by atoms with E-state index in [9.17, 15) is 18.0 Å². The first-order valence-corrected chi connectivity index (χ1v) is 5.40. The lowest BCUT2D eigenvalue weighted by molar-refractivity contribution is -0.138. The largest absolute Gasteiger partial charge is 0.478 e. The highest BCUT2D eigenvalue weighted by molar-refractivity contribution is 5.86. The number of hydrogen-bond acceptors (Lipinski definition) is 1. The number of aliphatic carboxylic acids is 1. The predicted molar refractivity (Wildman–Crippen MR) is 61.2 cm³/mol. The number of alkyl halides is 3. The molecule has 18 heavy (non-hydrogen) atoms. The summed E-state index contributed by atoms with van der Waals surface area (Å²) in [7, 11) is 0. The van der Waals surface area contributed by atoms with Crippen LogP contribution in [0.4, 0.5) is 13.2 Å². The van der Waals surface area contributed by atoms with Gasteiger partial charge in [0.25, 0.3) is 0 Å². The molecule has 0 aliphatic carbocycles. The summed E-state index contributed by atoms with van der Waals surface area (Å²) >= 11 is 0. The summed E-state index contributed by atoms with van der Waals surface area (Å²) in [5.74, 6) is -1.10. The molecule has 5 heteroatoms. The first-order valence-electron chi connectivity index (χ1n) is 5.40. The van der Waals surface area contributed by atoms with Gasteiger partial charge in [-0.05, 0) is 31.4 Å². The van der Waals surface area contributed by atoms with Crippen molar-refractivity contribution >= 4 is 5.97 Å². The maximum absolute atomic E-state index is 12.7. The summed E-state index contributed by atoms with van der Waals surface area (Å²) in [4.78, 5) is 10.7. The van der Waals surface area contributed by atoms with Gasteiger partial charge < -0.3 is 5.11 Å². The first kappa shape index (κ1) is 14.3. The van der Waals surface area contributed by atoms with Gasteiger partial charge in [-0.15, -0.1) is 0 Å². The van der Waals surface area contributed by atoms with Crippen molar-refractivity contribution in [3.8, 4) is 0 Å². The van der Waals surface area contributed by atoms with E-state index >= 15 is 0 Å². The Balaban J connectivity index is 2.89. The fraction of sp³-hybridized carbons (Fsp3) is 0.308. The SMILES string of the molecule is C/C=C(\CCc1ccccc1C(F)(F)F)C(=O)O. The first-order chi connectivity index (χ1) is 8.36. The Labute approximate surface area is 103 Å². The number of carboxylic acids is 1. The Morgan fingerprint density at radius 2 is 1.94 bits per heavy atom. The molecule has 1 N–H and O–H groups in total. The quantitative estimate of drug-likeness (QED) is 0.836. The number of benzene rings is 1. The van der Waals surface area contributed by atoms with Crippen LogP contribution in [0.1, 0.15) is 24.5 Å². The van der Waals surface area contributed by atoms with Crippen molar-refractivity contribution < 1.29 is 23.1 Å². The zero-order valence-corrected chi connectivity index (χ0v) is 9.79. The number of halogens is 3. The number of carbonyl (C=O) groups is 1. The van der Waals surface area contributed by atoms with Crippen molar-refractivity contribution in [1.29, 1.82) is 0 Å². The molecule has 98 valence electrons. The molecule has 0 saturated carbocycles. The molecule has 0 spiro atoms. The van der Waals surface area contributed by atoms with Gasteiger partial charge in [-0.1, -0.05) is 24.3 Å². The Morgan fingerprint density at radius 1 is 1.33 bits per heavy atom. The molecule has 0 fully saturated rings. The van der Waals surface area contributed by atoms with E-state index in [0.717, 1.165) is 6.07 Å². The average molecular weight is 258 g/mol. The van der Waals surface area contributed by atoms with E-state index in [-0.39, 0.29) is 24.0 Å². The van der Waals surface area contributed by atoms with Crippen LogP contribution in [-0.4, -0.2) is 11.1 Å². The van der Waals surface area contributed by atoms with Crippen molar-refractivity contribution in [3.05, 3.63) is 47.0 Å². The van der Waals surface area contributed by atoms with Gasteiger partial charge in [0, 0.05) is 5.57 Å². The lowest BCUT2D eigenvalue weighted by atomic mass is 9.99. The van der Waals surface area contributed by atoms with Crippen LogP contribution in [0.5, 0.6) is 0 Å². The molecule has 0 atom stereocenters. The van der Waals surface area contributed by atoms with E-state index in [1.165, 1.54) is 24.3 Å². The maximum Gasteiger partial charge on any atom is 0.416 e. The summed E-state index contributed by atoms with van der Waals surface area (Å²) < 4.78 is 38.0. The summed E-state index contributed by atoms with van der Waals surface area (Å²) in [5.41, 5.74) is -0.469. The number of carboxylic acid groups (broad SMARTS) is 1. The van der Waals surface area contributed by atoms with Crippen LogP contribution in [0.2, 0.25) is 0 Å². The van der Waals surface area contributed by atoms with Gasteiger partial charge in [-0.25, -0.2) is 4.79 Å². The Kier molecular flexibility index (Phi) is 4.53. The summed E-state index contributed by atoms with van der Waals surface area (Å²) in [6.45, 7) is 1.55. The van der Waals surface area contributed by atoms with Gasteiger partial charge in [0.2, 0.25) is 0 Å². The molecule has 0 saturated heterocycles. The molecule has 0 aromatic heterocycles. The molecule has 2 nitrogen and oxygen atoms in total. The smallest absolute Gasteiger partial charge is 0.416 e. The zero-order valence-electron chi connectivity index (χ0n) is 9.79. The van der Waals surface area contributed by atoms with Crippen molar-refractivity contribution in [2.45, 2.75) is 25.9 Å². The van der Waals surface area contributed by atoms with Gasteiger partial charge in [0.05, 0.1) is 5.56 Å². The van der Waals surface area contributed by atoms with Gasteiger partial charge in [0.15, 0.2) is 0 Å². The third-order valence-corrected chi connectivity index (χ3v) is 2.61. The van der Waals surface area contributed by atoms with E-state index in [4.69, 9.17) is 5.11 Å². The van der Waals surface area contributed by atoms with Crippen molar-refractivity contribution in [2.75, 3.05) is 0 Å². The molecule has 1 aromatic rings. The fourth-order valence-electron chi connectivity index (χ4n) is 1.66. The molecular weight excluding hydrogens is 245 g/mol. The van der Waals surface area contributed by atoms with Gasteiger partial charge >= 0.3 is 12.1 Å². The van der Waals surface area contributed by atoms with Crippen molar-refractivity contribution in [1.82, 2.24) is 0 Å². The van der Waals surface area contributed by atoms with Crippen LogP contribution in [0.25, 0.3) is 0 Å². The molecule has 1 rings (SSSR count). The number of allylic oxidation sites excluding steroid dienone is 1. The van der Waals surface area contributed by atoms with Crippen LogP contribution < -0.4 is 0 Å². The summed E-state index contributed by atoms with van der Waals surface area (Å²) in [6, 6.07) is 5.21. The lowest BCUT2D eigenvalue weighted by Crippen LogP contribution is -2.10. The molecule has 0 aliphatic heterocycles. The molecule has 0 amide bonds. The highest BCUT2D eigenvalue weighted by Gasteiger charge is 2.32. The molecule has 0 radical (unpaired) electrons. The van der Waals surface area contributed by atoms with Crippen LogP contribution in [-0.2, 0) is 17.4 Å². The van der Waals surface area contributed by atoms with E-state index in [1.54, 1.807) is 6.92 Å². The molecule has 0 bridgehead atoms. The normalized spacial score (nSPS) is 12.6. The Bertz CT molecular complexity index is 462. The van der Waals surface area contributed by atoms with Gasteiger partial charge in [-0.3, -0.25) is 0 Å². The minimum Gasteiger partial charge on any atom is -0.478 e. The highest BCUT2D eigenvalue weighted by atomic mass is 19.4. The number of rotatable bonds is 4. The van der Waals surface area contributed by atoms with E-state index in [1.807, 2.05) is 0 Å². The monoisotopic (exact) mass is 258 g/mol. The molecule has 1 aromatic carbocycles. The second-order valence-corrected chi connectivity index (χ2v) is 3.77. The van der Waals surface area contributed by atoms with Gasteiger partial charge in [-0.2, -0.15) is 13.2 Å². The number of aryl methyl sites for hydroxylation is 1. The van der Waals surface area contributed by atoms with Crippen molar-refractivity contribution in [2.24, 2.45) is 0 Å². The minimum atomic E-state index is -4.41. The second kappa shape index (κ2) is 5.71. The topological polar surface area (TPSA) is 37.3 Å². The molecule has 0 unspecified atom stereocenters. The average Bonchev–Trinajstić information content (AvgIpc) is 2.28. The minimum absolute atomic E-state index is 0.0572. The third-order valence-electron chi connectivity index (χ3n) is 2.61. The third kappa shape index (κ3) is 3.61. The van der Waals surface area contributed by atoms with Crippen LogP contribution in [0.3, 0.4) is 0 Å². The summed E-state index contributed by atoms with van der Waals surface area (Å²) in [5, 5.41) is 8.79. The van der Waals surface area contributed by atoms with E-state index in [0.29, 0.717) is 0 Å². The van der Waals surface area contributed by atoms with Crippen LogP contribution in [0.15, 0.2) is 35.9 Å². The van der Waals surface area contributed by atoms with Gasteiger partial charge in [0.1, 0.15) is 0 Å². The maximum atomic E-state index is 12.7. The highest BCUT2D eigenvalue weighted by Crippen LogP contribution is 2.32. The lowest BCUT2D eigenvalue weighted by Gasteiger charge is -2.12. The van der Waals surface area contributed by atoms with Crippen LogP contribution >= 0.6 is 0 Å². The molecule has 0 heterocycles. The Morgan fingerprint density at radius 3 is 2.44 bits per heavy atom. The fourth-order valence-corrected chi connectivity index (χ4v) is 1.66. The summed E-state index contributed by atoms with van der Waals surface area (Å²) in [6.07, 6.45) is -2.87. The second-order valence-electron chi connectivity index (χ2n) is 3.77. The van der Waals surface area contributed by atoms with Crippen molar-refractivity contribution in [3.63, 3.8) is 0 Å². The Hall–Kier alpha value is -1.78. The zero-order chi connectivity index (χ0) is 13.8. The van der Waals surface area contributed by atoms with E-state index in [2.05, 4.69) is 0 Å². The predicted octanol–water partition coefficient (Wildman–Crippen LogP) is 3.67. The number of hydrogen-bond donors (Lipinski definition) is 1.